The number of hydrogen-bond acceptors (Lipinski definition) is 4. The average Bonchev–Trinajstić information content (AvgIpc) is 3.70. The number of hydrogen-bond donors (Lipinski definition) is 0. The molecular weight excluding hydrogens is 599 g/mol. The molecule has 0 atom stereocenters. The van der Waals surface area contributed by atoms with Crippen molar-refractivity contribution in [1.29, 1.82) is 0 Å². The highest BCUT2D eigenvalue weighted by molar-refractivity contribution is 6.28. The van der Waals surface area contributed by atoms with E-state index in [1.807, 2.05) is 19.2 Å². The monoisotopic (exact) mass is 627 g/mol. The summed E-state index contributed by atoms with van der Waals surface area (Å²) in [6, 6.07) is 48.1. The van der Waals surface area contributed by atoms with Gasteiger partial charge in [-0.1, -0.05) is 121 Å². The number of fused-ring (bicyclic) bond motifs is 5. The zero-order chi connectivity index (χ0) is 32.5. The van der Waals surface area contributed by atoms with Crippen LogP contribution in [0.25, 0.3) is 88.4 Å². The van der Waals surface area contributed by atoms with Gasteiger partial charge in [-0.15, -0.1) is 0 Å². The third-order valence-electron chi connectivity index (χ3n) is 9.88. The Labute approximate surface area is 283 Å². The van der Waals surface area contributed by atoms with E-state index in [0.717, 1.165) is 33.6 Å². The molecule has 0 N–H and O–H groups in total. The molecule has 230 valence electrons. The molecular formula is C45H29N3O. The maximum atomic E-state index is 5.73. The van der Waals surface area contributed by atoms with Gasteiger partial charge in [0.25, 0.3) is 0 Å². The van der Waals surface area contributed by atoms with Crippen LogP contribution >= 0.6 is 0 Å². The van der Waals surface area contributed by atoms with Crippen molar-refractivity contribution in [2.75, 3.05) is 0 Å². The van der Waals surface area contributed by atoms with Gasteiger partial charge < -0.3 is 4.42 Å². The standard InChI is InChI=1S/C45H29N3O/c1-27-48-45-38(46-24-23-39(45)49-27)25-28-19-22-37(47-26-28)31-20-21-36-42-32(31)17-10-18-35(42)43-40(29-11-4-2-5-12-29)33-15-8-9-16-34(33)41(44(36)43)30-13-6-3-7-14-30/h2-24,26H,25H2,1H3. The Morgan fingerprint density at radius 3 is 1.84 bits per heavy atom. The van der Waals surface area contributed by atoms with Crippen molar-refractivity contribution in [2.45, 2.75) is 13.3 Å². The number of nitrogens with zero attached hydrogens (tertiary/aromatic N) is 3. The molecule has 0 saturated carbocycles. The molecule has 1 aliphatic rings. The fourth-order valence-corrected chi connectivity index (χ4v) is 7.86. The highest BCUT2D eigenvalue weighted by Gasteiger charge is 2.31. The highest BCUT2D eigenvalue weighted by atomic mass is 16.3. The second-order valence-corrected chi connectivity index (χ2v) is 12.7. The van der Waals surface area contributed by atoms with E-state index in [4.69, 9.17) is 9.40 Å². The molecule has 0 bridgehead atoms. The summed E-state index contributed by atoms with van der Waals surface area (Å²) >= 11 is 0. The molecule has 0 saturated heterocycles. The number of oxazole rings is 1. The van der Waals surface area contributed by atoms with Gasteiger partial charge in [0.2, 0.25) is 0 Å². The maximum absolute atomic E-state index is 5.73. The summed E-state index contributed by atoms with van der Waals surface area (Å²) < 4.78 is 5.73. The Morgan fingerprint density at radius 2 is 1.16 bits per heavy atom. The molecule has 1 aliphatic carbocycles. The third kappa shape index (κ3) is 4.27. The summed E-state index contributed by atoms with van der Waals surface area (Å²) in [6.45, 7) is 1.87. The normalized spacial score (nSPS) is 11.9. The fraction of sp³-hybridized carbons (Fsp3) is 0.0444. The van der Waals surface area contributed by atoms with E-state index >= 15 is 0 Å². The van der Waals surface area contributed by atoms with Crippen LogP contribution in [0.1, 0.15) is 17.1 Å². The van der Waals surface area contributed by atoms with Crippen molar-refractivity contribution in [3.05, 3.63) is 163 Å². The predicted molar refractivity (Wildman–Crippen MR) is 199 cm³/mol. The Kier molecular flexibility index (Phi) is 6.12. The van der Waals surface area contributed by atoms with Gasteiger partial charge in [-0.25, -0.2) is 4.98 Å². The number of aryl methyl sites for hydroxylation is 1. The van der Waals surface area contributed by atoms with E-state index in [-0.39, 0.29) is 0 Å². The van der Waals surface area contributed by atoms with Crippen LogP contribution in [0.15, 0.2) is 150 Å². The summed E-state index contributed by atoms with van der Waals surface area (Å²) in [6.07, 6.45) is 4.38. The Hall–Kier alpha value is -6.39. The quantitative estimate of drug-likeness (QED) is 0.190. The Balaban J connectivity index is 1.17. The summed E-state index contributed by atoms with van der Waals surface area (Å²) in [5, 5.41) is 5.01. The van der Waals surface area contributed by atoms with E-state index in [1.165, 1.54) is 66.1 Å². The van der Waals surface area contributed by atoms with Crippen LogP contribution in [0, 0.1) is 6.92 Å². The molecule has 0 amide bonds. The van der Waals surface area contributed by atoms with Gasteiger partial charge in [-0.3, -0.25) is 9.97 Å². The van der Waals surface area contributed by atoms with Gasteiger partial charge in [0.1, 0.15) is 5.52 Å². The lowest BCUT2D eigenvalue weighted by Gasteiger charge is -2.20. The van der Waals surface area contributed by atoms with E-state index in [9.17, 15) is 0 Å². The smallest absolute Gasteiger partial charge is 0.192 e. The molecule has 9 aromatic rings. The summed E-state index contributed by atoms with van der Waals surface area (Å²) in [5.41, 5.74) is 15.8. The molecule has 3 aromatic heterocycles. The lowest BCUT2D eigenvalue weighted by atomic mass is 9.82. The Bertz CT molecular complexity index is 2640. The topological polar surface area (TPSA) is 51.8 Å². The molecule has 3 heterocycles. The van der Waals surface area contributed by atoms with Crippen LogP contribution in [0.2, 0.25) is 0 Å². The van der Waals surface area contributed by atoms with Crippen LogP contribution in [0.5, 0.6) is 0 Å². The van der Waals surface area contributed by atoms with Crippen molar-refractivity contribution in [2.24, 2.45) is 0 Å². The third-order valence-corrected chi connectivity index (χ3v) is 9.88. The number of pyridine rings is 2. The van der Waals surface area contributed by atoms with Crippen LogP contribution in [-0.4, -0.2) is 15.0 Å². The first-order valence-electron chi connectivity index (χ1n) is 16.7. The number of rotatable bonds is 5. The van der Waals surface area contributed by atoms with Crippen LogP contribution in [0.3, 0.4) is 0 Å². The van der Waals surface area contributed by atoms with Gasteiger partial charge >= 0.3 is 0 Å². The number of aromatic nitrogens is 3. The zero-order valence-electron chi connectivity index (χ0n) is 26.8. The molecule has 4 heteroatoms. The van der Waals surface area contributed by atoms with Crippen LogP contribution in [-0.2, 0) is 6.42 Å². The summed E-state index contributed by atoms with van der Waals surface area (Å²) in [7, 11) is 0. The second kappa shape index (κ2) is 10.8. The second-order valence-electron chi connectivity index (χ2n) is 12.7. The highest BCUT2D eigenvalue weighted by Crippen LogP contribution is 2.58. The molecule has 10 rings (SSSR count). The van der Waals surface area contributed by atoms with Gasteiger partial charge in [0.05, 0.1) is 11.4 Å². The van der Waals surface area contributed by atoms with E-state index < -0.39 is 0 Å². The summed E-state index contributed by atoms with van der Waals surface area (Å²) in [5.74, 6) is 0.645. The first kappa shape index (κ1) is 27.7. The minimum Gasteiger partial charge on any atom is -0.441 e. The number of benzene rings is 6. The SMILES string of the molecule is Cc1nc2c(Cc3ccc(-c4ccc5c6c(cccc46)-c4c-5c(-c5ccccc5)c5ccccc5c4-c4ccccc4)nc3)nccc2o1. The molecule has 0 unspecified atom stereocenters. The lowest BCUT2D eigenvalue weighted by Crippen LogP contribution is -1.95. The van der Waals surface area contributed by atoms with E-state index in [0.29, 0.717) is 12.3 Å². The fourth-order valence-electron chi connectivity index (χ4n) is 7.86. The van der Waals surface area contributed by atoms with Gasteiger partial charge in [0, 0.05) is 37.4 Å². The minimum absolute atomic E-state index is 0.633. The zero-order valence-corrected chi connectivity index (χ0v) is 26.8. The first-order chi connectivity index (χ1) is 24.2. The largest absolute Gasteiger partial charge is 0.441 e. The molecule has 0 radical (unpaired) electrons. The van der Waals surface area contributed by atoms with Crippen molar-refractivity contribution in [1.82, 2.24) is 15.0 Å². The lowest BCUT2D eigenvalue weighted by molar-refractivity contribution is 0.561. The van der Waals surface area contributed by atoms with E-state index in [1.54, 1.807) is 6.20 Å². The molecule has 0 spiro atoms. The van der Waals surface area contributed by atoms with Crippen molar-refractivity contribution in [3.8, 4) is 55.8 Å². The molecule has 6 aromatic carbocycles. The van der Waals surface area contributed by atoms with Crippen LogP contribution < -0.4 is 0 Å². The van der Waals surface area contributed by atoms with Gasteiger partial charge in [-0.2, -0.15) is 0 Å². The summed E-state index contributed by atoms with van der Waals surface area (Å²) in [4.78, 5) is 14.2. The molecule has 0 aliphatic heterocycles. The Morgan fingerprint density at radius 1 is 0.531 bits per heavy atom. The van der Waals surface area contributed by atoms with Crippen LogP contribution in [0.4, 0.5) is 0 Å². The van der Waals surface area contributed by atoms with Gasteiger partial charge in [-0.05, 0) is 77.7 Å². The molecule has 4 nitrogen and oxygen atoms in total. The molecule has 0 fully saturated rings. The average molecular weight is 628 g/mol. The van der Waals surface area contributed by atoms with Crippen molar-refractivity contribution >= 4 is 32.6 Å². The predicted octanol–water partition coefficient (Wildman–Crippen LogP) is 11.5. The van der Waals surface area contributed by atoms with Crippen molar-refractivity contribution in [3.63, 3.8) is 0 Å². The van der Waals surface area contributed by atoms with Crippen molar-refractivity contribution < 1.29 is 4.42 Å². The van der Waals surface area contributed by atoms with Gasteiger partial charge in [0.15, 0.2) is 11.5 Å². The first-order valence-corrected chi connectivity index (χ1v) is 16.7. The molecule has 49 heavy (non-hydrogen) atoms. The van der Waals surface area contributed by atoms with E-state index in [2.05, 4.69) is 137 Å². The minimum atomic E-state index is 0.633. The maximum Gasteiger partial charge on any atom is 0.192 e.